The Balaban J connectivity index is 1.67. The van der Waals surface area contributed by atoms with Gasteiger partial charge in [-0.25, -0.2) is 9.97 Å². The van der Waals surface area contributed by atoms with E-state index in [9.17, 15) is 0 Å². The van der Waals surface area contributed by atoms with Gasteiger partial charge in [0.2, 0.25) is 0 Å². The fourth-order valence-electron chi connectivity index (χ4n) is 3.38. The third kappa shape index (κ3) is 3.78. The Morgan fingerprint density at radius 2 is 1.70 bits per heavy atom. The summed E-state index contributed by atoms with van der Waals surface area (Å²) in [5.41, 5.74) is 8.33. The zero-order chi connectivity index (χ0) is 19.0. The number of rotatable bonds is 4. The van der Waals surface area contributed by atoms with Crippen molar-refractivity contribution in [3.63, 3.8) is 0 Å². The van der Waals surface area contributed by atoms with Gasteiger partial charge in [0, 0.05) is 23.7 Å². The fraction of sp³-hybridized carbons (Fsp3) is 0.273. The van der Waals surface area contributed by atoms with Gasteiger partial charge in [0.05, 0.1) is 11.4 Å². The number of hydrogen-bond donors (Lipinski definition) is 1. The van der Waals surface area contributed by atoms with E-state index in [1.165, 1.54) is 28.1 Å². The molecule has 2 aromatic rings. The monoisotopic (exact) mass is 376 g/mol. The third-order valence-electron chi connectivity index (χ3n) is 4.73. The minimum absolute atomic E-state index is 0.823. The molecule has 5 heteroatoms. The largest absolute Gasteiger partial charge is 0.340 e. The maximum atomic E-state index is 4.59. The van der Waals surface area contributed by atoms with Gasteiger partial charge in [-0.3, -0.25) is 0 Å². The second kappa shape index (κ2) is 7.24. The van der Waals surface area contributed by atoms with Crippen LogP contribution in [0.4, 0.5) is 0 Å². The molecule has 1 aromatic heterocycles. The van der Waals surface area contributed by atoms with E-state index in [0.29, 0.717) is 0 Å². The Morgan fingerprint density at radius 3 is 2.41 bits per heavy atom. The molecule has 4 nitrogen and oxygen atoms in total. The summed E-state index contributed by atoms with van der Waals surface area (Å²) in [5.74, 6) is 1.97. The maximum Gasteiger partial charge on any atom is 0.188 e. The van der Waals surface area contributed by atoms with Gasteiger partial charge in [-0.05, 0) is 45.4 Å². The number of hydrogen-bond acceptors (Lipinski definition) is 5. The lowest BCUT2D eigenvalue weighted by Crippen LogP contribution is -2.26. The van der Waals surface area contributed by atoms with Crippen LogP contribution in [0.5, 0.6) is 0 Å². The minimum Gasteiger partial charge on any atom is -0.340 e. The molecule has 2 aliphatic heterocycles. The van der Waals surface area contributed by atoms with Crippen LogP contribution in [0.3, 0.4) is 0 Å². The molecule has 0 radical (unpaired) electrons. The summed E-state index contributed by atoms with van der Waals surface area (Å²) in [6.45, 7) is 9.25. The lowest BCUT2D eigenvalue weighted by Gasteiger charge is -2.25. The molecule has 0 spiro atoms. The van der Waals surface area contributed by atoms with Crippen LogP contribution >= 0.6 is 11.8 Å². The van der Waals surface area contributed by atoms with E-state index in [0.717, 1.165) is 34.7 Å². The molecular weight excluding hydrogens is 352 g/mol. The van der Waals surface area contributed by atoms with Crippen LogP contribution in [0, 0.1) is 20.8 Å². The highest BCUT2D eigenvalue weighted by atomic mass is 32.2. The Kier molecular flexibility index (Phi) is 4.79. The molecule has 2 aliphatic rings. The number of benzene rings is 1. The van der Waals surface area contributed by atoms with Crippen molar-refractivity contribution in [2.24, 2.45) is 0 Å². The second-order valence-corrected chi connectivity index (χ2v) is 8.13. The van der Waals surface area contributed by atoms with Crippen LogP contribution in [0.2, 0.25) is 0 Å². The van der Waals surface area contributed by atoms with Gasteiger partial charge in [-0.2, -0.15) is 0 Å². The van der Waals surface area contributed by atoms with Crippen molar-refractivity contribution >= 4 is 17.5 Å². The molecule has 0 amide bonds. The van der Waals surface area contributed by atoms with Crippen LogP contribution in [0.15, 0.2) is 64.7 Å². The van der Waals surface area contributed by atoms with Crippen molar-refractivity contribution < 1.29 is 0 Å². The SMILES string of the molecule is CC1=CC=C2NC(c3ccc(C)cc3)=C(CSc3nc(C)cc(C)n3)N2C1. The number of nitrogens with zero attached hydrogens (tertiary/aromatic N) is 3. The van der Waals surface area contributed by atoms with Gasteiger partial charge in [-0.15, -0.1) is 0 Å². The predicted octanol–water partition coefficient (Wildman–Crippen LogP) is 4.57. The highest BCUT2D eigenvalue weighted by Gasteiger charge is 2.29. The molecule has 0 unspecified atom stereocenters. The lowest BCUT2D eigenvalue weighted by molar-refractivity contribution is 0.466. The fourth-order valence-corrected chi connectivity index (χ4v) is 4.37. The lowest BCUT2D eigenvalue weighted by atomic mass is 10.1. The number of fused-ring (bicyclic) bond motifs is 1. The Morgan fingerprint density at radius 1 is 1.00 bits per heavy atom. The molecule has 0 saturated carbocycles. The summed E-state index contributed by atoms with van der Waals surface area (Å²) < 4.78 is 0. The van der Waals surface area contributed by atoms with Crippen LogP contribution in [-0.4, -0.2) is 27.2 Å². The molecule has 0 atom stereocenters. The Hall–Kier alpha value is -2.53. The van der Waals surface area contributed by atoms with Crippen molar-refractivity contribution in [1.29, 1.82) is 0 Å². The molecule has 4 rings (SSSR count). The van der Waals surface area contributed by atoms with Gasteiger partial charge in [0.25, 0.3) is 0 Å². The summed E-state index contributed by atoms with van der Waals surface area (Å²) in [6.07, 6.45) is 4.35. The predicted molar refractivity (Wildman–Crippen MR) is 112 cm³/mol. The van der Waals surface area contributed by atoms with Crippen LogP contribution < -0.4 is 5.32 Å². The molecule has 0 bridgehead atoms. The van der Waals surface area contributed by atoms with E-state index < -0.39 is 0 Å². The smallest absolute Gasteiger partial charge is 0.188 e. The topological polar surface area (TPSA) is 41.1 Å². The zero-order valence-electron chi connectivity index (χ0n) is 16.2. The summed E-state index contributed by atoms with van der Waals surface area (Å²) >= 11 is 1.70. The van der Waals surface area contributed by atoms with Gasteiger partial charge in [-0.1, -0.05) is 53.2 Å². The van der Waals surface area contributed by atoms with Crippen molar-refractivity contribution in [3.8, 4) is 0 Å². The average molecular weight is 377 g/mol. The summed E-state index contributed by atoms with van der Waals surface area (Å²) in [7, 11) is 0. The molecule has 1 N–H and O–H groups in total. The number of thioether (sulfide) groups is 1. The normalized spacial score (nSPS) is 16.1. The first-order valence-corrected chi connectivity index (χ1v) is 10.2. The van der Waals surface area contributed by atoms with Crippen molar-refractivity contribution in [1.82, 2.24) is 20.2 Å². The molecule has 0 saturated heterocycles. The van der Waals surface area contributed by atoms with Crippen LogP contribution in [-0.2, 0) is 0 Å². The van der Waals surface area contributed by atoms with E-state index in [-0.39, 0.29) is 0 Å². The van der Waals surface area contributed by atoms with E-state index in [2.05, 4.69) is 70.4 Å². The average Bonchev–Trinajstić information content (AvgIpc) is 2.97. The Labute approximate surface area is 165 Å². The third-order valence-corrected chi connectivity index (χ3v) is 5.59. The molecule has 0 fully saturated rings. The Bertz CT molecular complexity index is 950. The number of nitrogens with one attached hydrogen (secondary N) is 1. The standard InChI is InChI=1S/C22H24N4S/c1-14-5-8-18(9-6-14)21-19(26-12-15(2)7-10-20(26)25-21)13-27-22-23-16(3)11-17(4)24-22/h5-11,25H,12-13H2,1-4H3. The van der Waals surface area contributed by atoms with E-state index in [1.54, 1.807) is 11.8 Å². The molecule has 138 valence electrons. The van der Waals surface area contributed by atoms with Crippen molar-refractivity contribution in [2.75, 3.05) is 12.3 Å². The van der Waals surface area contributed by atoms with Gasteiger partial charge >= 0.3 is 0 Å². The maximum absolute atomic E-state index is 4.59. The molecule has 27 heavy (non-hydrogen) atoms. The summed E-state index contributed by atoms with van der Waals surface area (Å²) in [4.78, 5) is 11.6. The zero-order valence-corrected chi connectivity index (χ0v) is 17.0. The molecule has 3 heterocycles. The first kappa shape index (κ1) is 17.9. The van der Waals surface area contributed by atoms with E-state index in [1.807, 2.05) is 19.9 Å². The van der Waals surface area contributed by atoms with Crippen LogP contribution in [0.25, 0.3) is 5.70 Å². The van der Waals surface area contributed by atoms with E-state index >= 15 is 0 Å². The van der Waals surface area contributed by atoms with Gasteiger partial charge < -0.3 is 10.2 Å². The highest BCUT2D eigenvalue weighted by molar-refractivity contribution is 7.99. The van der Waals surface area contributed by atoms with E-state index in [4.69, 9.17) is 0 Å². The quantitative estimate of drug-likeness (QED) is 0.625. The molecular formula is C22H24N4S. The number of aryl methyl sites for hydroxylation is 3. The molecule has 1 aromatic carbocycles. The first-order chi connectivity index (χ1) is 13.0. The highest BCUT2D eigenvalue weighted by Crippen LogP contribution is 2.35. The summed E-state index contributed by atoms with van der Waals surface area (Å²) in [5, 5.41) is 4.46. The van der Waals surface area contributed by atoms with Gasteiger partial charge in [0.15, 0.2) is 5.16 Å². The first-order valence-electron chi connectivity index (χ1n) is 9.17. The number of allylic oxidation sites excluding steroid dienone is 2. The van der Waals surface area contributed by atoms with Gasteiger partial charge in [0.1, 0.15) is 5.82 Å². The van der Waals surface area contributed by atoms with Crippen molar-refractivity contribution in [3.05, 3.63) is 82.1 Å². The van der Waals surface area contributed by atoms with Crippen LogP contribution in [0.1, 0.15) is 29.4 Å². The molecule has 0 aliphatic carbocycles. The minimum atomic E-state index is 0.823. The summed E-state index contributed by atoms with van der Waals surface area (Å²) in [6, 6.07) is 10.7. The second-order valence-electron chi connectivity index (χ2n) is 7.19. The number of aromatic nitrogens is 2. The van der Waals surface area contributed by atoms with Crippen molar-refractivity contribution in [2.45, 2.75) is 32.9 Å².